The standard InChI is InChI=1S/C7H6F2INO2/c1-13-3-2-11-5(7(8)9)4(10)6(3)12/h2,7H,1H3,(H,11,12). The molecule has 1 N–H and O–H groups in total. The molecular formula is C7H6F2INO2. The average Bonchev–Trinajstić information content (AvgIpc) is 2.09. The van der Waals surface area contributed by atoms with Gasteiger partial charge in [0.1, 0.15) is 0 Å². The summed E-state index contributed by atoms with van der Waals surface area (Å²) in [5.41, 5.74) is -0.886. The zero-order chi connectivity index (χ0) is 10.0. The van der Waals surface area contributed by atoms with Gasteiger partial charge in [0.2, 0.25) is 5.43 Å². The van der Waals surface area contributed by atoms with Crippen molar-refractivity contribution in [1.82, 2.24) is 4.98 Å². The molecule has 0 atom stereocenters. The number of aromatic amines is 1. The van der Waals surface area contributed by atoms with Gasteiger partial charge in [-0.3, -0.25) is 4.79 Å². The van der Waals surface area contributed by atoms with Gasteiger partial charge in [-0.1, -0.05) is 0 Å². The number of halogens is 3. The van der Waals surface area contributed by atoms with Crippen molar-refractivity contribution in [2.75, 3.05) is 7.11 Å². The lowest BCUT2D eigenvalue weighted by Crippen LogP contribution is -2.13. The number of nitrogens with one attached hydrogen (secondary N) is 1. The van der Waals surface area contributed by atoms with Gasteiger partial charge in [0.05, 0.1) is 16.4 Å². The van der Waals surface area contributed by atoms with E-state index in [1.807, 2.05) is 0 Å². The van der Waals surface area contributed by atoms with Crippen LogP contribution in [0.15, 0.2) is 11.0 Å². The summed E-state index contributed by atoms with van der Waals surface area (Å²) in [4.78, 5) is 13.6. The maximum atomic E-state index is 12.2. The Morgan fingerprint density at radius 1 is 1.62 bits per heavy atom. The molecule has 0 unspecified atom stereocenters. The lowest BCUT2D eigenvalue weighted by molar-refractivity contribution is 0.144. The highest BCUT2D eigenvalue weighted by molar-refractivity contribution is 14.1. The van der Waals surface area contributed by atoms with Gasteiger partial charge in [-0.2, -0.15) is 0 Å². The van der Waals surface area contributed by atoms with Crippen LogP contribution < -0.4 is 10.2 Å². The Hall–Kier alpha value is -0.660. The SMILES string of the molecule is COc1c[nH]c(C(F)F)c(I)c1=O. The summed E-state index contributed by atoms with van der Waals surface area (Å²) in [6.07, 6.45) is -1.54. The molecule has 1 aromatic heterocycles. The number of pyridine rings is 1. The number of methoxy groups -OCH3 is 1. The van der Waals surface area contributed by atoms with Crippen LogP contribution in [0.25, 0.3) is 0 Å². The molecule has 3 nitrogen and oxygen atoms in total. The normalized spacial score (nSPS) is 10.5. The van der Waals surface area contributed by atoms with Crippen molar-refractivity contribution in [1.29, 1.82) is 0 Å². The highest BCUT2D eigenvalue weighted by Crippen LogP contribution is 2.21. The van der Waals surface area contributed by atoms with Crippen LogP contribution in [0.4, 0.5) is 8.78 Å². The van der Waals surface area contributed by atoms with Gasteiger partial charge in [0.15, 0.2) is 5.75 Å². The quantitative estimate of drug-likeness (QED) is 0.848. The first-order valence-corrected chi connectivity index (χ1v) is 4.39. The maximum absolute atomic E-state index is 12.2. The molecule has 0 aliphatic heterocycles. The molecule has 1 aromatic rings. The Morgan fingerprint density at radius 3 is 2.69 bits per heavy atom. The Labute approximate surface area is 86.2 Å². The van der Waals surface area contributed by atoms with Crippen LogP contribution in [0.5, 0.6) is 5.75 Å². The van der Waals surface area contributed by atoms with E-state index < -0.39 is 11.9 Å². The Balaban J connectivity index is 3.32. The number of ether oxygens (including phenoxy) is 1. The monoisotopic (exact) mass is 301 g/mol. The zero-order valence-corrected chi connectivity index (χ0v) is 8.76. The van der Waals surface area contributed by atoms with Crippen LogP contribution in [-0.4, -0.2) is 12.1 Å². The van der Waals surface area contributed by atoms with Gasteiger partial charge in [-0.15, -0.1) is 0 Å². The van der Waals surface area contributed by atoms with Gasteiger partial charge in [0, 0.05) is 6.20 Å². The molecule has 0 bridgehead atoms. The number of alkyl halides is 2. The molecule has 0 saturated heterocycles. The second kappa shape index (κ2) is 4.03. The molecule has 0 radical (unpaired) electrons. The van der Waals surface area contributed by atoms with Crippen LogP contribution in [0.1, 0.15) is 12.1 Å². The fourth-order valence-corrected chi connectivity index (χ4v) is 1.47. The van der Waals surface area contributed by atoms with Crippen LogP contribution in [0.3, 0.4) is 0 Å². The first-order valence-electron chi connectivity index (χ1n) is 3.31. The summed E-state index contributed by atoms with van der Waals surface area (Å²) in [5, 5.41) is 0. The number of aromatic nitrogens is 1. The Bertz CT molecular complexity index is 364. The van der Waals surface area contributed by atoms with E-state index in [1.54, 1.807) is 22.6 Å². The van der Waals surface area contributed by atoms with Gasteiger partial charge in [0.25, 0.3) is 6.43 Å². The number of H-pyrrole nitrogens is 1. The molecule has 0 aliphatic rings. The first kappa shape index (κ1) is 10.4. The molecule has 13 heavy (non-hydrogen) atoms. The van der Waals surface area contributed by atoms with Crippen molar-refractivity contribution >= 4 is 22.6 Å². The fourth-order valence-electron chi connectivity index (χ4n) is 0.813. The summed E-state index contributed by atoms with van der Waals surface area (Å²) in [6, 6.07) is 0. The molecule has 0 fully saturated rings. The highest BCUT2D eigenvalue weighted by Gasteiger charge is 2.16. The van der Waals surface area contributed by atoms with E-state index in [0.717, 1.165) is 6.20 Å². The van der Waals surface area contributed by atoms with Crippen LogP contribution in [0.2, 0.25) is 0 Å². The van der Waals surface area contributed by atoms with Gasteiger partial charge >= 0.3 is 0 Å². The van der Waals surface area contributed by atoms with E-state index in [9.17, 15) is 13.6 Å². The molecule has 72 valence electrons. The van der Waals surface area contributed by atoms with E-state index in [4.69, 9.17) is 0 Å². The van der Waals surface area contributed by atoms with Gasteiger partial charge in [-0.25, -0.2) is 8.78 Å². The lowest BCUT2D eigenvalue weighted by Gasteiger charge is -2.04. The van der Waals surface area contributed by atoms with Gasteiger partial charge < -0.3 is 9.72 Å². The van der Waals surface area contributed by atoms with Crippen LogP contribution in [0, 0.1) is 3.57 Å². The van der Waals surface area contributed by atoms with E-state index in [0.29, 0.717) is 0 Å². The summed E-state index contributed by atoms with van der Waals surface area (Å²) in [5.74, 6) is 0.0359. The van der Waals surface area contributed by atoms with E-state index in [-0.39, 0.29) is 15.0 Å². The third-order valence-corrected chi connectivity index (χ3v) is 2.53. The fraction of sp³-hybridized carbons (Fsp3) is 0.286. The van der Waals surface area contributed by atoms with E-state index in [1.165, 1.54) is 7.11 Å². The highest BCUT2D eigenvalue weighted by atomic mass is 127. The minimum atomic E-state index is -2.68. The molecule has 0 aromatic carbocycles. The Morgan fingerprint density at radius 2 is 2.23 bits per heavy atom. The van der Waals surface area contributed by atoms with Crippen molar-refractivity contribution < 1.29 is 13.5 Å². The molecule has 0 spiro atoms. The molecule has 0 aliphatic carbocycles. The first-order chi connectivity index (χ1) is 6.07. The maximum Gasteiger partial charge on any atom is 0.279 e. The topological polar surface area (TPSA) is 42.1 Å². The van der Waals surface area contributed by atoms with E-state index >= 15 is 0 Å². The molecular weight excluding hydrogens is 295 g/mol. The molecule has 1 heterocycles. The third-order valence-electron chi connectivity index (χ3n) is 1.46. The summed E-state index contributed by atoms with van der Waals surface area (Å²) in [7, 11) is 1.31. The van der Waals surface area contributed by atoms with Crippen LogP contribution in [-0.2, 0) is 0 Å². The second-order valence-electron chi connectivity index (χ2n) is 2.21. The third kappa shape index (κ3) is 1.98. The predicted octanol–water partition coefficient (Wildman–Crippen LogP) is 1.93. The predicted molar refractivity (Wildman–Crippen MR) is 51.3 cm³/mol. The van der Waals surface area contributed by atoms with E-state index in [2.05, 4.69) is 9.72 Å². The average molecular weight is 301 g/mol. The number of hydrogen-bond acceptors (Lipinski definition) is 2. The van der Waals surface area contributed by atoms with Crippen molar-refractivity contribution in [2.24, 2.45) is 0 Å². The summed E-state index contributed by atoms with van der Waals surface area (Å²) in [6.45, 7) is 0. The lowest BCUT2D eigenvalue weighted by atomic mass is 10.3. The minimum Gasteiger partial charge on any atom is -0.491 e. The van der Waals surface area contributed by atoms with Crippen LogP contribution >= 0.6 is 22.6 Å². The van der Waals surface area contributed by atoms with Gasteiger partial charge in [-0.05, 0) is 22.6 Å². The molecule has 6 heteroatoms. The number of rotatable bonds is 2. The van der Waals surface area contributed by atoms with Crippen molar-refractivity contribution in [2.45, 2.75) is 6.43 Å². The summed E-state index contributed by atoms with van der Waals surface area (Å²) >= 11 is 1.57. The second-order valence-corrected chi connectivity index (χ2v) is 3.29. The van der Waals surface area contributed by atoms with Crippen molar-refractivity contribution in [3.63, 3.8) is 0 Å². The summed E-state index contributed by atoms with van der Waals surface area (Å²) < 4.78 is 29.1. The van der Waals surface area contributed by atoms with Crippen molar-refractivity contribution in [3.05, 3.63) is 25.7 Å². The smallest absolute Gasteiger partial charge is 0.279 e. The molecule has 0 amide bonds. The number of hydrogen-bond donors (Lipinski definition) is 1. The largest absolute Gasteiger partial charge is 0.491 e. The van der Waals surface area contributed by atoms with Crippen molar-refractivity contribution in [3.8, 4) is 5.75 Å². The Kier molecular flexibility index (Phi) is 3.23. The minimum absolute atomic E-state index is 0.0352. The molecule has 0 saturated carbocycles. The molecule has 1 rings (SSSR count). The zero-order valence-electron chi connectivity index (χ0n) is 6.61.